The summed E-state index contributed by atoms with van der Waals surface area (Å²) in [5.74, 6) is 6.00. The molecule has 0 bridgehead atoms. The average Bonchev–Trinajstić information content (AvgIpc) is 2.91. The average molecular weight is 508 g/mol. The van der Waals surface area contributed by atoms with Crippen molar-refractivity contribution in [2.75, 3.05) is 26.9 Å². The number of rotatable bonds is 13. The SMILES string of the molecule is COCCOc1ccc(C(=O)NC/C(N)=C/N(N)C(CC(=O)NO)Cc2ccc3ccccc3c2)cc1. The van der Waals surface area contributed by atoms with Gasteiger partial charge in [-0.2, -0.15) is 0 Å². The van der Waals surface area contributed by atoms with E-state index in [-0.39, 0.29) is 18.9 Å². The maximum absolute atomic E-state index is 12.5. The zero-order chi connectivity index (χ0) is 26.6. The molecule has 10 nitrogen and oxygen atoms in total. The monoisotopic (exact) mass is 507 g/mol. The Morgan fingerprint density at radius 1 is 1.05 bits per heavy atom. The Morgan fingerprint density at radius 2 is 1.78 bits per heavy atom. The van der Waals surface area contributed by atoms with Gasteiger partial charge in [0.2, 0.25) is 5.91 Å². The van der Waals surface area contributed by atoms with E-state index >= 15 is 0 Å². The zero-order valence-corrected chi connectivity index (χ0v) is 20.7. The minimum atomic E-state index is -0.573. The highest BCUT2D eigenvalue weighted by Gasteiger charge is 2.19. The van der Waals surface area contributed by atoms with Gasteiger partial charge in [-0.25, -0.2) is 11.3 Å². The summed E-state index contributed by atoms with van der Waals surface area (Å²) in [7, 11) is 1.59. The van der Waals surface area contributed by atoms with Gasteiger partial charge in [0.15, 0.2) is 0 Å². The van der Waals surface area contributed by atoms with Gasteiger partial charge in [0.05, 0.1) is 25.6 Å². The number of hydrogen-bond acceptors (Lipinski definition) is 8. The molecular formula is C27H33N5O5. The van der Waals surface area contributed by atoms with Crippen molar-refractivity contribution in [1.29, 1.82) is 0 Å². The first-order valence-corrected chi connectivity index (χ1v) is 11.8. The first-order chi connectivity index (χ1) is 17.9. The van der Waals surface area contributed by atoms with Crippen LogP contribution in [0.5, 0.6) is 5.75 Å². The topological polar surface area (TPSA) is 152 Å². The van der Waals surface area contributed by atoms with E-state index in [1.54, 1.807) is 36.9 Å². The highest BCUT2D eigenvalue weighted by Crippen LogP contribution is 2.19. The van der Waals surface area contributed by atoms with Crippen LogP contribution in [0.2, 0.25) is 0 Å². The van der Waals surface area contributed by atoms with Crippen molar-refractivity contribution >= 4 is 22.6 Å². The molecule has 3 aromatic carbocycles. The molecule has 0 radical (unpaired) electrons. The summed E-state index contributed by atoms with van der Waals surface area (Å²) in [6.07, 6.45) is 1.85. The highest BCUT2D eigenvalue weighted by atomic mass is 16.5. The summed E-state index contributed by atoms with van der Waals surface area (Å²) in [6, 6.07) is 20.2. The molecule has 0 aliphatic rings. The van der Waals surface area contributed by atoms with Crippen LogP contribution < -0.4 is 27.1 Å². The van der Waals surface area contributed by atoms with E-state index in [1.165, 1.54) is 11.2 Å². The number of nitrogens with one attached hydrogen (secondary N) is 2. The van der Waals surface area contributed by atoms with Gasteiger partial charge in [-0.1, -0.05) is 42.5 Å². The number of benzene rings is 3. The van der Waals surface area contributed by atoms with Crippen LogP contribution >= 0.6 is 0 Å². The smallest absolute Gasteiger partial charge is 0.251 e. The zero-order valence-electron chi connectivity index (χ0n) is 20.7. The molecule has 37 heavy (non-hydrogen) atoms. The maximum Gasteiger partial charge on any atom is 0.251 e. The Bertz CT molecular complexity index is 1220. The molecule has 7 N–H and O–H groups in total. The molecule has 0 aliphatic carbocycles. The number of fused-ring (bicyclic) bond motifs is 1. The Hall–Kier alpha value is -4.12. The summed E-state index contributed by atoms with van der Waals surface area (Å²) in [6.45, 7) is 0.939. The van der Waals surface area contributed by atoms with Crippen molar-refractivity contribution in [2.45, 2.75) is 18.9 Å². The molecule has 1 atom stereocenters. The number of hydroxylamine groups is 1. The number of nitrogens with two attached hydrogens (primary N) is 2. The van der Waals surface area contributed by atoms with Crippen molar-refractivity contribution in [3.63, 3.8) is 0 Å². The molecule has 3 aromatic rings. The fourth-order valence-corrected chi connectivity index (χ4v) is 3.75. The van der Waals surface area contributed by atoms with Crippen molar-refractivity contribution in [3.8, 4) is 5.75 Å². The number of methoxy groups -OCH3 is 1. The Balaban J connectivity index is 1.61. The number of carbonyl (C=O) groups excluding carboxylic acids is 2. The van der Waals surface area contributed by atoms with Gasteiger partial charge < -0.3 is 25.5 Å². The molecule has 10 heteroatoms. The number of amides is 2. The van der Waals surface area contributed by atoms with Crippen LogP contribution in [0.4, 0.5) is 0 Å². The third-order valence-electron chi connectivity index (χ3n) is 5.69. The molecule has 0 aromatic heterocycles. The molecule has 2 amide bonds. The number of ether oxygens (including phenoxy) is 2. The second kappa shape index (κ2) is 13.8. The van der Waals surface area contributed by atoms with Crippen LogP contribution in [-0.2, 0) is 16.0 Å². The van der Waals surface area contributed by atoms with Gasteiger partial charge in [-0.15, -0.1) is 0 Å². The molecule has 0 spiro atoms. The standard InChI is InChI=1S/C27H33N5O5/c1-36-12-13-37-25-10-8-21(9-11-25)27(34)30-17-23(28)18-32(29)24(16-26(33)31-35)15-19-6-7-20-4-2-3-5-22(20)14-19/h2-11,14,18,24,35H,12-13,15-17,28-29H2,1H3,(H,30,34)(H,31,33)/b23-18-. The highest BCUT2D eigenvalue weighted by molar-refractivity contribution is 5.94. The quantitative estimate of drug-likeness (QED) is 0.102. The van der Waals surface area contributed by atoms with Crippen molar-refractivity contribution in [2.24, 2.45) is 11.6 Å². The van der Waals surface area contributed by atoms with Crippen LogP contribution in [0.25, 0.3) is 10.8 Å². The molecule has 0 aliphatic heterocycles. The van der Waals surface area contributed by atoms with Crippen LogP contribution in [-0.4, -0.2) is 54.9 Å². The van der Waals surface area contributed by atoms with E-state index in [1.807, 2.05) is 42.5 Å². The lowest BCUT2D eigenvalue weighted by Crippen LogP contribution is -2.42. The first kappa shape index (κ1) is 27.5. The Kier molecular flexibility index (Phi) is 10.3. The second-order valence-electron chi connectivity index (χ2n) is 8.48. The van der Waals surface area contributed by atoms with Crippen LogP contribution in [0.3, 0.4) is 0 Å². The summed E-state index contributed by atoms with van der Waals surface area (Å²) in [5, 5.41) is 15.3. The maximum atomic E-state index is 12.5. The van der Waals surface area contributed by atoms with Crippen LogP contribution in [0, 0.1) is 0 Å². The lowest BCUT2D eigenvalue weighted by Gasteiger charge is -2.26. The van der Waals surface area contributed by atoms with E-state index in [0.717, 1.165) is 16.3 Å². The van der Waals surface area contributed by atoms with Crippen molar-refractivity contribution < 1.29 is 24.3 Å². The molecule has 0 fully saturated rings. The molecular weight excluding hydrogens is 474 g/mol. The van der Waals surface area contributed by atoms with Gasteiger partial charge in [-0.3, -0.25) is 14.8 Å². The molecule has 3 rings (SSSR count). The number of nitrogens with zero attached hydrogens (tertiary/aromatic N) is 1. The van der Waals surface area contributed by atoms with E-state index in [9.17, 15) is 9.59 Å². The molecule has 1 unspecified atom stereocenters. The molecule has 0 saturated carbocycles. The van der Waals surface area contributed by atoms with Gasteiger partial charge in [-0.05, 0) is 47.0 Å². The summed E-state index contributed by atoms with van der Waals surface area (Å²) >= 11 is 0. The predicted molar refractivity (Wildman–Crippen MR) is 140 cm³/mol. The Morgan fingerprint density at radius 3 is 2.49 bits per heavy atom. The van der Waals surface area contributed by atoms with E-state index in [4.69, 9.17) is 26.3 Å². The summed E-state index contributed by atoms with van der Waals surface area (Å²) < 4.78 is 10.4. The van der Waals surface area contributed by atoms with Crippen molar-refractivity contribution in [1.82, 2.24) is 15.8 Å². The third kappa shape index (κ3) is 8.50. The fourth-order valence-electron chi connectivity index (χ4n) is 3.75. The molecule has 0 saturated heterocycles. The lowest BCUT2D eigenvalue weighted by molar-refractivity contribution is -0.130. The van der Waals surface area contributed by atoms with Gasteiger partial charge in [0, 0.05) is 24.6 Å². The predicted octanol–water partition coefficient (Wildman–Crippen LogP) is 2.08. The van der Waals surface area contributed by atoms with Gasteiger partial charge in [0.1, 0.15) is 12.4 Å². The largest absolute Gasteiger partial charge is 0.491 e. The van der Waals surface area contributed by atoms with Crippen LogP contribution in [0.1, 0.15) is 22.3 Å². The van der Waals surface area contributed by atoms with Crippen LogP contribution in [0.15, 0.2) is 78.6 Å². The minimum Gasteiger partial charge on any atom is -0.491 e. The van der Waals surface area contributed by atoms with Gasteiger partial charge >= 0.3 is 0 Å². The van der Waals surface area contributed by atoms with Crippen molar-refractivity contribution in [3.05, 3.63) is 89.8 Å². The molecule has 0 heterocycles. The first-order valence-electron chi connectivity index (χ1n) is 11.8. The van der Waals surface area contributed by atoms with E-state index in [0.29, 0.717) is 36.6 Å². The van der Waals surface area contributed by atoms with E-state index in [2.05, 4.69) is 5.32 Å². The third-order valence-corrected chi connectivity index (χ3v) is 5.69. The lowest BCUT2D eigenvalue weighted by atomic mass is 9.99. The molecule has 196 valence electrons. The number of carbonyl (C=O) groups is 2. The fraction of sp³-hybridized carbons (Fsp3) is 0.259. The number of hydrazine groups is 1. The minimum absolute atomic E-state index is 0.0491. The normalized spacial score (nSPS) is 12.1. The Labute approximate surface area is 215 Å². The number of hydrogen-bond donors (Lipinski definition) is 5. The summed E-state index contributed by atoms with van der Waals surface area (Å²) in [5.41, 5.74) is 9.47. The summed E-state index contributed by atoms with van der Waals surface area (Å²) in [4.78, 5) is 24.4. The second-order valence-corrected chi connectivity index (χ2v) is 8.48. The van der Waals surface area contributed by atoms with E-state index < -0.39 is 11.9 Å². The van der Waals surface area contributed by atoms with Gasteiger partial charge in [0.25, 0.3) is 5.91 Å².